The van der Waals surface area contributed by atoms with E-state index < -0.39 is 0 Å². The Balaban J connectivity index is 1.39. The second kappa shape index (κ2) is 14.2. The molecule has 0 saturated carbocycles. The standard InChI is InChI=1S/C31H30Br4N2O4/c1-31(2,19-15-25(32)29(26(33)16-19)40-13-11-38-23-7-3-21(36)4-8-23)20-17-27(34)30(28(35)18-20)41-14-12-39-24-9-5-22(37)6-10-24/h3-10,15-18H,11-14,36-37H2,1-2H3. The van der Waals surface area contributed by atoms with E-state index in [0.717, 1.165) is 52.0 Å². The molecule has 4 aromatic rings. The molecule has 0 amide bonds. The fraction of sp³-hybridized carbons (Fsp3) is 0.226. The molecule has 0 aromatic heterocycles. The van der Waals surface area contributed by atoms with Crippen LogP contribution >= 0.6 is 63.7 Å². The number of halogens is 4. The number of ether oxygens (including phenoxy) is 4. The lowest BCUT2D eigenvalue weighted by Crippen LogP contribution is -2.20. The Bertz CT molecular complexity index is 1320. The van der Waals surface area contributed by atoms with Gasteiger partial charge in [-0.15, -0.1) is 0 Å². The summed E-state index contributed by atoms with van der Waals surface area (Å²) in [5, 5.41) is 0. The zero-order valence-electron chi connectivity index (χ0n) is 22.6. The number of hydrogen-bond donors (Lipinski definition) is 2. The van der Waals surface area contributed by atoms with Crippen molar-refractivity contribution >= 4 is 75.1 Å². The number of hydrogen-bond acceptors (Lipinski definition) is 6. The molecule has 0 atom stereocenters. The van der Waals surface area contributed by atoms with Gasteiger partial charge in [0, 0.05) is 16.8 Å². The summed E-state index contributed by atoms with van der Waals surface area (Å²) in [4.78, 5) is 0. The highest BCUT2D eigenvalue weighted by atomic mass is 79.9. The average Bonchev–Trinajstić information content (AvgIpc) is 2.93. The minimum absolute atomic E-state index is 0.330. The molecule has 4 rings (SSSR count). The molecule has 0 heterocycles. The summed E-state index contributed by atoms with van der Waals surface area (Å²) in [7, 11) is 0. The first-order valence-electron chi connectivity index (χ1n) is 12.8. The summed E-state index contributed by atoms with van der Waals surface area (Å²) in [5.74, 6) is 2.94. The topological polar surface area (TPSA) is 89.0 Å². The maximum absolute atomic E-state index is 6.03. The molecule has 0 aliphatic rings. The predicted molar refractivity (Wildman–Crippen MR) is 180 cm³/mol. The van der Waals surface area contributed by atoms with Gasteiger partial charge in [0.2, 0.25) is 0 Å². The fourth-order valence-electron chi connectivity index (χ4n) is 4.02. The summed E-state index contributed by atoms with van der Waals surface area (Å²) in [6.45, 7) is 5.93. The van der Waals surface area contributed by atoms with E-state index >= 15 is 0 Å². The average molecular weight is 814 g/mol. The van der Waals surface area contributed by atoms with Crippen LogP contribution in [-0.4, -0.2) is 26.4 Å². The Morgan fingerprint density at radius 1 is 0.512 bits per heavy atom. The van der Waals surface area contributed by atoms with Crippen molar-refractivity contribution in [1.29, 1.82) is 0 Å². The minimum atomic E-state index is -0.330. The largest absolute Gasteiger partial charge is 0.490 e. The Kier molecular flexibility index (Phi) is 10.9. The predicted octanol–water partition coefficient (Wildman–Crippen LogP) is 9.14. The molecular formula is C31H30Br4N2O4. The summed E-state index contributed by atoms with van der Waals surface area (Å²) >= 11 is 14.8. The molecule has 0 radical (unpaired) electrons. The van der Waals surface area contributed by atoms with Gasteiger partial charge in [0.05, 0.1) is 17.9 Å². The van der Waals surface area contributed by atoms with Gasteiger partial charge in [0.15, 0.2) is 0 Å². The van der Waals surface area contributed by atoms with Gasteiger partial charge in [-0.25, -0.2) is 0 Å². The second-order valence-electron chi connectivity index (χ2n) is 9.69. The Hall–Kier alpha value is -2.40. The number of rotatable bonds is 12. The molecule has 4 N–H and O–H groups in total. The molecule has 4 aromatic carbocycles. The SMILES string of the molecule is CC(C)(c1cc(Br)c(OCCOc2ccc(N)cc2)c(Br)c1)c1cc(Br)c(OCCOc2ccc(N)cc2)c(Br)c1. The maximum atomic E-state index is 6.03. The van der Waals surface area contributed by atoms with Gasteiger partial charge < -0.3 is 30.4 Å². The summed E-state index contributed by atoms with van der Waals surface area (Å²) in [5.41, 5.74) is 14.7. The molecule has 216 valence electrons. The molecular weight excluding hydrogens is 784 g/mol. The molecule has 6 nitrogen and oxygen atoms in total. The monoisotopic (exact) mass is 810 g/mol. The highest BCUT2D eigenvalue weighted by Crippen LogP contribution is 2.44. The lowest BCUT2D eigenvalue weighted by atomic mass is 9.78. The van der Waals surface area contributed by atoms with Crippen LogP contribution in [0.5, 0.6) is 23.0 Å². The zero-order valence-corrected chi connectivity index (χ0v) is 28.9. The van der Waals surface area contributed by atoms with E-state index in [9.17, 15) is 0 Å². The van der Waals surface area contributed by atoms with Crippen molar-refractivity contribution in [3.63, 3.8) is 0 Å². The molecule has 0 fully saturated rings. The van der Waals surface area contributed by atoms with Gasteiger partial charge in [-0.2, -0.15) is 0 Å². The highest BCUT2D eigenvalue weighted by Gasteiger charge is 2.27. The van der Waals surface area contributed by atoms with Gasteiger partial charge in [0.1, 0.15) is 49.4 Å². The molecule has 10 heteroatoms. The summed E-state index contributed by atoms with van der Waals surface area (Å²) in [6, 6.07) is 22.9. The van der Waals surface area contributed by atoms with Crippen LogP contribution in [0.15, 0.2) is 90.7 Å². The lowest BCUT2D eigenvalue weighted by Gasteiger charge is -2.28. The van der Waals surface area contributed by atoms with Gasteiger partial charge in [-0.1, -0.05) is 13.8 Å². The minimum Gasteiger partial charge on any atom is -0.490 e. The van der Waals surface area contributed by atoms with Crippen LogP contribution in [0.3, 0.4) is 0 Å². The van der Waals surface area contributed by atoms with Gasteiger partial charge >= 0.3 is 0 Å². The van der Waals surface area contributed by atoms with Crippen molar-refractivity contribution in [3.8, 4) is 23.0 Å². The van der Waals surface area contributed by atoms with E-state index in [0.29, 0.717) is 37.8 Å². The first-order valence-corrected chi connectivity index (χ1v) is 15.9. The quantitative estimate of drug-likeness (QED) is 0.110. The van der Waals surface area contributed by atoms with E-state index in [1.807, 2.05) is 24.3 Å². The van der Waals surface area contributed by atoms with E-state index in [-0.39, 0.29) is 5.41 Å². The first kappa shape index (κ1) is 31.5. The Labute approximate surface area is 274 Å². The molecule has 0 unspecified atom stereocenters. The lowest BCUT2D eigenvalue weighted by molar-refractivity contribution is 0.215. The fourth-order valence-corrected chi connectivity index (χ4v) is 6.85. The van der Waals surface area contributed by atoms with Crippen molar-refractivity contribution < 1.29 is 18.9 Å². The Morgan fingerprint density at radius 3 is 1.12 bits per heavy atom. The first-order chi connectivity index (χ1) is 19.5. The molecule has 0 aliphatic heterocycles. The number of benzene rings is 4. The molecule has 0 spiro atoms. The Morgan fingerprint density at radius 2 is 0.805 bits per heavy atom. The van der Waals surface area contributed by atoms with Crippen molar-refractivity contribution in [3.05, 3.63) is 102 Å². The van der Waals surface area contributed by atoms with Crippen molar-refractivity contribution in [2.75, 3.05) is 37.9 Å². The molecule has 0 saturated heterocycles. The van der Waals surface area contributed by atoms with Crippen molar-refractivity contribution in [2.45, 2.75) is 19.3 Å². The third-order valence-electron chi connectivity index (χ3n) is 6.40. The van der Waals surface area contributed by atoms with E-state index in [1.165, 1.54) is 0 Å². The van der Waals surface area contributed by atoms with Crippen LogP contribution in [0, 0.1) is 0 Å². The van der Waals surface area contributed by atoms with E-state index in [2.05, 4.69) is 102 Å². The molecule has 0 bridgehead atoms. The molecule has 41 heavy (non-hydrogen) atoms. The van der Waals surface area contributed by atoms with Crippen molar-refractivity contribution in [2.24, 2.45) is 0 Å². The summed E-state index contributed by atoms with van der Waals surface area (Å²) in [6.07, 6.45) is 0. The smallest absolute Gasteiger partial charge is 0.147 e. The van der Waals surface area contributed by atoms with Crippen LogP contribution in [0.25, 0.3) is 0 Å². The van der Waals surface area contributed by atoms with Crippen LogP contribution in [0.2, 0.25) is 0 Å². The van der Waals surface area contributed by atoms with E-state index in [1.54, 1.807) is 24.3 Å². The summed E-state index contributed by atoms with van der Waals surface area (Å²) < 4.78 is 26.9. The third kappa shape index (κ3) is 8.34. The normalized spacial score (nSPS) is 11.3. The maximum Gasteiger partial charge on any atom is 0.147 e. The third-order valence-corrected chi connectivity index (χ3v) is 8.75. The van der Waals surface area contributed by atoms with Gasteiger partial charge in [0.25, 0.3) is 0 Å². The van der Waals surface area contributed by atoms with Crippen LogP contribution in [0.4, 0.5) is 11.4 Å². The van der Waals surface area contributed by atoms with E-state index in [4.69, 9.17) is 30.4 Å². The number of nitrogens with two attached hydrogens (primary N) is 2. The number of anilines is 2. The zero-order chi connectivity index (χ0) is 29.6. The van der Waals surface area contributed by atoms with Crippen LogP contribution < -0.4 is 30.4 Å². The van der Waals surface area contributed by atoms with Crippen molar-refractivity contribution in [1.82, 2.24) is 0 Å². The highest BCUT2D eigenvalue weighted by molar-refractivity contribution is 9.11. The second-order valence-corrected chi connectivity index (χ2v) is 13.1. The molecule has 0 aliphatic carbocycles. The number of nitrogen functional groups attached to an aromatic ring is 2. The van der Waals surface area contributed by atoms with Crippen LogP contribution in [0.1, 0.15) is 25.0 Å². The van der Waals surface area contributed by atoms with Crippen LogP contribution in [-0.2, 0) is 5.41 Å². The van der Waals surface area contributed by atoms with Gasteiger partial charge in [-0.05, 0) is 148 Å². The van der Waals surface area contributed by atoms with Gasteiger partial charge in [-0.3, -0.25) is 0 Å².